The highest BCUT2D eigenvalue weighted by Crippen LogP contribution is 2.19. The van der Waals surface area contributed by atoms with E-state index in [4.69, 9.17) is 0 Å². The Labute approximate surface area is 164 Å². The number of para-hydroxylation sites is 2. The molecule has 2 aromatic carbocycles. The van der Waals surface area contributed by atoms with Gasteiger partial charge in [0.05, 0.1) is 17.8 Å². The van der Waals surface area contributed by atoms with E-state index in [1.165, 1.54) is 11.0 Å². The van der Waals surface area contributed by atoms with Crippen LogP contribution in [0.3, 0.4) is 0 Å². The van der Waals surface area contributed by atoms with Crippen molar-refractivity contribution in [2.24, 2.45) is 0 Å². The molecule has 0 aliphatic carbocycles. The number of aromatic nitrogens is 1. The SMILES string of the molecule is Cc1cccc(C)c1NC(=O)CN(C)C(=O)C=Cc1ccc2ccccc2n1. The summed E-state index contributed by atoms with van der Waals surface area (Å²) < 4.78 is 0. The van der Waals surface area contributed by atoms with Gasteiger partial charge in [-0.25, -0.2) is 4.98 Å². The van der Waals surface area contributed by atoms with E-state index in [9.17, 15) is 9.59 Å². The molecular formula is C23H23N3O2. The number of anilines is 1. The van der Waals surface area contributed by atoms with Gasteiger partial charge >= 0.3 is 0 Å². The first-order valence-corrected chi connectivity index (χ1v) is 9.09. The van der Waals surface area contributed by atoms with E-state index in [-0.39, 0.29) is 18.4 Å². The van der Waals surface area contributed by atoms with Crippen molar-refractivity contribution >= 4 is 34.5 Å². The van der Waals surface area contributed by atoms with Crippen molar-refractivity contribution in [1.82, 2.24) is 9.88 Å². The van der Waals surface area contributed by atoms with Crippen LogP contribution in [0.4, 0.5) is 5.69 Å². The summed E-state index contributed by atoms with van der Waals surface area (Å²) in [5.74, 6) is -0.489. The largest absolute Gasteiger partial charge is 0.333 e. The number of amides is 2. The lowest BCUT2D eigenvalue weighted by atomic mass is 10.1. The van der Waals surface area contributed by atoms with Crippen molar-refractivity contribution in [2.45, 2.75) is 13.8 Å². The number of nitrogens with zero attached hydrogens (tertiary/aromatic N) is 2. The fraction of sp³-hybridized carbons (Fsp3) is 0.174. The third-order valence-electron chi connectivity index (χ3n) is 4.52. The molecule has 0 fully saturated rings. The first kappa shape index (κ1) is 19.3. The van der Waals surface area contributed by atoms with Gasteiger partial charge in [-0.3, -0.25) is 9.59 Å². The first-order chi connectivity index (χ1) is 13.4. The predicted molar refractivity (Wildman–Crippen MR) is 113 cm³/mol. The summed E-state index contributed by atoms with van der Waals surface area (Å²) in [6, 6.07) is 17.5. The molecule has 0 radical (unpaired) electrons. The Morgan fingerprint density at radius 3 is 2.46 bits per heavy atom. The molecule has 28 heavy (non-hydrogen) atoms. The van der Waals surface area contributed by atoms with Crippen molar-refractivity contribution in [3.63, 3.8) is 0 Å². The second-order valence-corrected chi connectivity index (χ2v) is 6.77. The number of hydrogen-bond acceptors (Lipinski definition) is 3. The maximum absolute atomic E-state index is 12.3. The highest BCUT2D eigenvalue weighted by atomic mass is 16.2. The average Bonchev–Trinajstić information content (AvgIpc) is 2.68. The van der Waals surface area contributed by atoms with E-state index in [0.717, 1.165) is 27.7 Å². The van der Waals surface area contributed by atoms with Crippen LogP contribution in [-0.2, 0) is 9.59 Å². The lowest BCUT2D eigenvalue weighted by Gasteiger charge is -2.16. The summed E-state index contributed by atoms with van der Waals surface area (Å²) in [7, 11) is 1.60. The van der Waals surface area contributed by atoms with Gasteiger partial charge in [-0.05, 0) is 43.2 Å². The highest BCUT2D eigenvalue weighted by molar-refractivity contribution is 5.98. The molecule has 0 aliphatic rings. The number of carbonyl (C=O) groups is 2. The van der Waals surface area contributed by atoms with Gasteiger partial charge in [0.2, 0.25) is 11.8 Å². The summed E-state index contributed by atoms with van der Waals surface area (Å²) in [5.41, 5.74) is 4.34. The van der Waals surface area contributed by atoms with Crippen molar-refractivity contribution in [3.8, 4) is 0 Å². The molecule has 1 heterocycles. The Kier molecular flexibility index (Phi) is 5.84. The lowest BCUT2D eigenvalue weighted by Crippen LogP contribution is -2.34. The number of likely N-dealkylation sites (N-methyl/N-ethyl adjacent to an activating group) is 1. The summed E-state index contributed by atoms with van der Waals surface area (Å²) in [5, 5.41) is 3.94. The average molecular weight is 373 g/mol. The molecule has 5 heteroatoms. The number of benzene rings is 2. The molecule has 1 N–H and O–H groups in total. The molecule has 3 rings (SSSR count). The van der Waals surface area contributed by atoms with Gasteiger partial charge in [0.15, 0.2) is 0 Å². The Hall–Kier alpha value is -3.47. The minimum atomic E-state index is -0.258. The summed E-state index contributed by atoms with van der Waals surface area (Å²) >= 11 is 0. The van der Waals surface area contributed by atoms with E-state index in [0.29, 0.717) is 5.69 Å². The third kappa shape index (κ3) is 4.62. The van der Waals surface area contributed by atoms with Crippen molar-refractivity contribution in [2.75, 3.05) is 18.9 Å². The van der Waals surface area contributed by atoms with Gasteiger partial charge in [0.1, 0.15) is 0 Å². The first-order valence-electron chi connectivity index (χ1n) is 9.09. The lowest BCUT2D eigenvalue weighted by molar-refractivity contribution is -0.129. The van der Waals surface area contributed by atoms with Crippen LogP contribution in [0.1, 0.15) is 16.8 Å². The van der Waals surface area contributed by atoms with Crippen LogP contribution in [0.2, 0.25) is 0 Å². The number of pyridine rings is 1. The number of fused-ring (bicyclic) bond motifs is 1. The van der Waals surface area contributed by atoms with Crippen molar-refractivity contribution in [3.05, 3.63) is 77.5 Å². The molecule has 3 aromatic rings. The number of carbonyl (C=O) groups excluding carboxylic acids is 2. The number of nitrogens with one attached hydrogen (secondary N) is 1. The summed E-state index contributed by atoms with van der Waals surface area (Å²) in [6.45, 7) is 3.86. The molecular weight excluding hydrogens is 350 g/mol. The van der Waals surface area contributed by atoms with Crippen molar-refractivity contribution < 1.29 is 9.59 Å². The maximum Gasteiger partial charge on any atom is 0.246 e. The molecule has 142 valence electrons. The molecule has 0 bridgehead atoms. The predicted octanol–water partition coefficient (Wildman–Crippen LogP) is 3.96. The second-order valence-electron chi connectivity index (χ2n) is 6.77. The molecule has 0 atom stereocenters. The molecule has 5 nitrogen and oxygen atoms in total. The normalized spacial score (nSPS) is 11.0. The Morgan fingerprint density at radius 1 is 1.00 bits per heavy atom. The summed E-state index contributed by atoms with van der Waals surface area (Å²) in [4.78, 5) is 30.5. The fourth-order valence-electron chi connectivity index (χ4n) is 2.94. The monoisotopic (exact) mass is 373 g/mol. The van der Waals surface area contributed by atoms with Gasteiger partial charge in [-0.1, -0.05) is 42.5 Å². The molecule has 0 spiro atoms. The Bertz CT molecular complexity index is 1040. The van der Waals surface area contributed by atoms with Crippen LogP contribution in [0, 0.1) is 13.8 Å². The summed E-state index contributed by atoms with van der Waals surface area (Å²) in [6.07, 6.45) is 3.10. The molecule has 2 amide bonds. The number of hydrogen-bond donors (Lipinski definition) is 1. The van der Waals surface area contributed by atoms with Crippen LogP contribution >= 0.6 is 0 Å². The highest BCUT2D eigenvalue weighted by Gasteiger charge is 2.12. The van der Waals surface area contributed by atoms with E-state index < -0.39 is 0 Å². The van der Waals surface area contributed by atoms with Crippen LogP contribution in [0.15, 0.2) is 60.7 Å². The van der Waals surface area contributed by atoms with E-state index in [1.54, 1.807) is 13.1 Å². The standard InChI is InChI=1S/C23H23N3O2/c1-16-7-6-8-17(2)23(16)25-21(27)15-26(3)22(28)14-13-19-12-11-18-9-4-5-10-20(18)24-19/h4-14H,15H2,1-3H3,(H,25,27). The fourth-order valence-corrected chi connectivity index (χ4v) is 2.94. The quantitative estimate of drug-likeness (QED) is 0.689. The van der Waals surface area contributed by atoms with Gasteiger partial charge < -0.3 is 10.2 Å². The molecule has 0 saturated heterocycles. The van der Waals surface area contributed by atoms with Gasteiger partial charge in [0.25, 0.3) is 0 Å². The number of rotatable bonds is 5. The van der Waals surface area contributed by atoms with Crippen LogP contribution < -0.4 is 5.32 Å². The third-order valence-corrected chi connectivity index (χ3v) is 4.52. The van der Waals surface area contributed by atoms with Crippen LogP contribution in [-0.4, -0.2) is 35.3 Å². The molecule has 0 aliphatic heterocycles. The Balaban J connectivity index is 1.61. The smallest absolute Gasteiger partial charge is 0.246 e. The minimum absolute atomic E-state index is 0.0257. The van der Waals surface area contributed by atoms with Gasteiger partial charge in [0, 0.05) is 24.2 Å². The van der Waals surface area contributed by atoms with E-state index >= 15 is 0 Å². The minimum Gasteiger partial charge on any atom is -0.333 e. The maximum atomic E-state index is 12.3. The van der Waals surface area contributed by atoms with E-state index in [1.807, 2.05) is 68.4 Å². The van der Waals surface area contributed by atoms with Gasteiger partial charge in [-0.2, -0.15) is 0 Å². The molecule has 1 aromatic heterocycles. The molecule has 0 saturated carbocycles. The zero-order valence-corrected chi connectivity index (χ0v) is 16.3. The van der Waals surface area contributed by atoms with Crippen LogP contribution in [0.5, 0.6) is 0 Å². The topological polar surface area (TPSA) is 62.3 Å². The number of aryl methyl sites for hydroxylation is 2. The van der Waals surface area contributed by atoms with E-state index in [2.05, 4.69) is 10.3 Å². The van der Waals surface area contributed by atoms with Gasteiger partial charge in [-0.15, -0.1) is 0 Å². The van der Waals surface area contributed by atoms with Crippen molar-refractivity contribution in [1.29, 1.82) is 0 Å². The van der Waals surface area contributed by atoms with Crippen LogP contribution in [0.25, 0.3) is 17.0 Å². The zero-order valence-electron chi connectivity index (χ0n) is 16.3. The zero-order chi connectivity index (χ0) is 20.1. The Morgan fingerprint density at radius 2 is 1.71 bits per heavy atom. The molecule has 0 unspecified atom stereocenters. The second kappa shape index (κ2) is 8.48.